The van der Waals surface area contributed by atoms with Crippen LogP contribution in [0.1, 0.15) is 41.0 Å². The van der Waals surface area contributed by atoms with Gasteiger partial charge in [0.2, 0.25) is 5.91 Å². The molecule has 0 aromatic carbocycles. The fraction of sp³-hybridized carbons (Fsp3) is 0.846. The van der Waals surface area contributed by atoms with E-state index in [1.807, 2.05) is 27.7 Å². The molecule has 0 aromatic heterocycles. The van der Waals surface area contributed by atoms with Gasteiger partial charge in [-0.15, -0.1) is 0 Å². The first kappa shape index (κ1) is 17.1. The summed E-state index contributed by atoms with van der Waals surface area (Å²) in [6.07, 6.45) is 0.693. The number of ketones is 1. The number of hydrogen-bond donors (Lipinski definition) is 3. The molecular weight excluding hydrogens is 230 g/mol. The molecule has 5 nitrogen and oxygen atoms in total. The highest BCUT2D eigenvalue weighted by atomic mass is 16.2. The second kappa shape index (κ2) is 6.29. The SMILES string of the molecule is CNC(C(=O)NCC(C)=O)C(C)(C)CC(C)(C)N. The van der Waals surface area contributed by atoms with Crippen molar-refractivity contribution in [2.45, 2.75) is 52.6 Å². The molecule has 0 aliphatic rings. The molecule has 0 aliphatic carbocycles. The molecule has 0 aromatic rings. The Kier molecular flexibility index (Phi) is 5.96. The molecule has 0 fully saturated rings. The molecule has 0 radical (unpaired) electrons. The molecule has 0 aliphatic heterocycles. The minimum atomic E-state index is -0.375. The number of nitrogens with two attached hydrogens (primary N) is 1. The molecule has 0 spiro atoms. The van der Waals surface area contributed by atoms with Gasteiger partial charge in [-0.25, -0.2) is 0 Å². The van der Waals surface area contributed by atoms with Gasteiger partial charge < -0.3 is 16.4 Å². The number of rotatable bonds is 7. The number of Topliss-reactive ketones (excluding diaryl/α,β-unsaturated/α-hetero) is 1. The highest BCUT2D eigenvalue weighted by Crippen LogP contribution is 2.30. The standard InChI is InChI=1S/C13H27N3O2/c1-9(17)7-16-11(18)10(15-6)12(2,3)8-13(4,5)14/h10,15H,7-8,14H2,1-6H3,(H,16,18). The molecular formula is C13H27N3O2. The minimum absolute atomic E-state index is 0.0600. The van der Waals surface area contributed by atoms with Crippen LogP contribution in [0.2, 0.25) is 0 Å². The van der Waals surface area contributed by atoms with E-state index in [0.29, 0.717) is 6.42 Å². The van der Waals surface area contributed by atoms with Crippen molar-refractivity contribution in [1.29, 1.82) is 0 Å². The van der Waals surface area contributed by atoms with Crippen molar-refractivity contribution in [2.75, 3.05) is 13.6 Å². The Hall–Kier alpha value is -0.940. The number of carbonyl (C=O) groups excluding carboxylic acids is 2. The van der Waals surface area contributed by atoms with Crippen molar-refractivity contribution in [1.82, 2.24) is 10.6 Å². The highest BCUT2D eigenvalue weighted by molar-refractivity contribution is 5.87. The topological polar surface area (TPSA) is 84.2 Å². The summed E-state index contributed by atoms with van der Waals surface area (Å²) in [4.78, 5) is 22.9. The maximum atomic E-state index is 12.0. The lowest BCUT2D eigenvalue weighted by Gasteiger charge is -2.37. The quantitative estimate of drug-likeness (QED) is 0.617. The number of likely N-dealkylation sites (N-methyl/N-ethyl adjacent to an activating group) is 1. The maximum Gasteiger partial charge on any atom is 0.238 e. The van der Waals surface area contributed by atoms with Crippen molar-refractivity contribution in [3.63, 3.8) is 0 Å². The molecule has 0 saturated heterocycles. The molecule has 0 heterocycles. The molecule has 0 bridgehead atoms. The van der Waals surface area contributed by atoms with Crippen LogP contribution in [0.3, 0.4) is 0 Å². The van der Waals surface area contributed by atoms with Gasteiger partial charge in [-0.05, 0) is 39.7 Å². The Labute approximate surface area is 110 Å². The predicted octanol–water partition coefficient (Wildman–Crippen LogP) is 0.433. The van der Waals surface area contributed by atoms with Gasteiger partial charge in [-0.1, -0.05) is 13.8 Å². The zero-order chi connectivity index (χ0) is 14.6. The predicted molar refractivity (Wildman–Crippen MR) is 73.2 cm³/mol. The van der Waals surface area contributed by atoms with Crippen LogP contribution < -0.4 is 16.4 Å². The number of hydrogen-bond acceptors (Lipinski definition) is 4. The molecule has 0 rings (SSSR count). The number of amides is 1. The minimum Gasteiger partial charge on any atom is -0.348 e. The first-order valence-electron chi connectivity index (χ1n) is 6.23. The van der Waals surface area contributed by atoms with E-state index in [9.17, 15) is 9.59 Å². The third-order valence-electron chi connectivity index (χ3n) is 2.76. The second-order valence-corrected chi connectivity index (χ2v) is 6.30. The molecule has 106 valence electrons. The Morgan fingerprint density at radius 2 is 1.72 bits per heavy atom. The van der Waals surface area contributed by atoms with Crippen LogP contribution in [-0.2, 0) is 9.59 Å². The van der Waals surface area contributed by atoms with Gasteiger partial charge in [0.25, 0.3) is 0 Å². The summed E-state index contributed by atoms with van der Waals surface area (Å²) in [6, 6.07) is -0.375. The van der Waals surface area contributed by atoms with Gasteiger partial charge in [-0.2, -0.15) is 0 Å². The Bertz CT molecular complexity index is 306. The third kappa shape index (κ3) is 6.12. The average Bonchev–Trinajstić information content (AvgIpc) is 2.11. The first-order valence-corrected chi connectivity index (χ1v) is 6.23. The summed E-state index contributed by atoms with van der Waals surface area (Å²) >= 11 is 0. The largest absolute Gasteiger partial charge is 0.348 e. The van der Waals surface area contributed by atoms with Crippen molar-refractivity contribution >= 4 is 11.7 Å². The lowest BCUT2D eigenvalue weighted by molar-refractivity contribution is -0.128. The van der Waals surface area contributed by atoms with Crippen LogP contribution in [0.25, 0.3) is 0 Å². The summed E-state index contributed by atoms with van der Waals surface area (Å²) in [5.41, 5.74) is 5.38. The van der Waals surface area contributed by atoms with Crippen molar-refractivity contribution < 1.29 is 9.59 Å². The third-order valence-corrected chi connectivity index (χ3v) is 2.76. The summed E-state index contributed by atoms with van der Waals surface area (Å²) in [6.45, 7) is 9.39. The van der Waals surface area contributed by atoms with Crippen LogP contribution in [0, 0.1) is 5.41 Å². The van der Waals surface area contributed by atoms with Crippen LogP contribution in [0.5, 0.6) is 0 Å². The zero-order valence-corrected chi connectivity index (χ0v) is 12.4. The van der Waals surface area contributed by atoms with Gasteiger partial charge in [0, 0.05) is 5.54 Å². The molecule has 4 N–H and O–H groups in total. The summed E-state index contributed by atoms with van der Waals surface area (Å²) in [5, 5.41) is 5.64. The summed E-state index contributed by atoms with van der Waals surface area (Å²) < 4.78 is 0. The molecule has 18 heavy (non-hydrogen) atoms. The van der Waals surface area contributed by atoms with Crippen molar-refractivity contribution in [2.24, 2.45) is 11.1 Å². The van der Waals surface area contributed by atoms with Crippen LogP contribution in [0.4, 0.5) is 0 Å². The lowest BCUT2D eigenvalue weighted by atomic mass is 9.74. The van der Waals surface area contributed by atoms with Gasteiger partial charge >= 0.3 is 0 Å². The second-order valence-electron chi connectivity index (χ2n) is 6.30. The monoisotopic (exact) mass is 257 g/mol. The van der Waals surface area contributed by atoms with E-state index in [-0.39, 0.29) is 35.2 Å². The fourth-order valence-electron chi connectivity index (χ4n) is 2.47. The van der Waals surface area contributed by atoms with Gasteiger partial charge in [-0.3, -0.25) is 9.59 Å². The maximum absolute atomic E-state index is 12.0. The zero-order valence-electron chi connectivity index (χ0n) is 12.4. The molecule has 1 amide bonds. The van der Waals surface area contributed by atoms with Gasteiger partial charge in [0.1, 0.15) is 5.78 Å². The van der Waals surface area contributed by atoms with E-state index in [2.05, 4.69) is 10.6 Å². The van der Waals surface area contributed by atoms with Crippen molar-refractivity contribution in [3.05, 3.63) is 0 Å². The fourth-order valence-corrected chi connectivity index (χ4v) is 2.47. The smallest absolute Gasteiger partial charge is 0.238 e. The van der Waals surface area contributed by atoms with Crippen LogP contribution >= 0.6 is 0 Å². The van der Waals surface area contributed by atoms with E-state index in [4.69, 9.17) is 5.73 Å². The Balaban J connectivity index is 4.73. The highest BCUT2D eigenvalue weighted by Gasteiger charge is 2.37. The summed E-state index contributed by atoms with van der Waals surface area (Å²) in [5.74, 6) is -0.225. The number of nitrogens with one attached hydrogen (secondary N) is 2. The van der Waals surface area contributed by atoms with Crippen molar-refractivity contribution in [3.8, 4) is 0 Å². The van der Waals surface area contributed by atoms with Crippen LogP contribution in [0.15, 0.2) is 0 Å². The van der Waals surface area contributed by atoms with E-state index in [1.54, 1.807) is 7.05 Å². The Morgan fingerprint density at radius 3 is 2.06 bits per heavy atom. The molecule has 5 heteroatoms. The van der Waals surface area contributed by atoms with E-state index in [0.717, 1.165) is 0 Å². The first-order chi connectivity index (χ1) is 7.99. The van der Waals surface area contributed by atoms with Gasteiger partial charge in [0.05, 0.1) is 12.6 Å². The van der Waals surface area contributed by atoms with E-state index >= 15 is 0 Å². The lowest BCUT2D eigenvalue weighted by Crippen LogP contribution is -2.54. The summed E-state index contributed by atoms with van der Waals surface area (Å²) in [7, 11) is 1.74. The number of carbonyl (C=O) groups is 2. The Morgan fingerprint density at radius 1 is 1.22 bits per heavy atom. The van der Waals surface area contributed by atoms with E-state index in [1.165, 1.54) is 6.92 Å². The molecule has 1 unspecified atom stereocenters. The molecule has 0 saturated carbocycles. The average molecular weight is 257 g/mol. The molecule has 1 atom stereocenters. The normalized spacial score (nSPS) is 14.2. The van der Waals surface area contributed by atoms with Gasteiger partial charge in [0.15, 0.2) is 0 Å². The van der Waals surface area contributed by atoms with Crippen LogP contribution in [-0.4, -0.2) is 36.9 Å². The van der Waals surface area contributed by atoms with E-state index < -0.39 is 0 Å².